The largest absolute Gasteiger partial charge is 0.481 e. The zero-order valence-electron chi connectivity index (χ0n) is 12.8. The summed E-state index contributed by atoms with van der Waals surface area (Å²) in [6, 6.07) is 12.6. The van der Waals surface area contributed by atoms with Crippen molar-refractivity contribution < 1.29 is 14.3 Å². The highest BCUT2D eigenvalue weighted by Gasteiger charge is 2.08. The number of ether oxygens (including phenoxy) is 2. The van der Waals surface area contributed by atoms with Crippen molar-refractivity contribution in [3.8, 4) is 17.6 Å². The average molecular weight is 322 g/mol. The van der Waals surface area contributed by atoms with E-state index >= 15 is 0 Å². The van der Waals surface area contributed by atoms with Crippen molar-refractivity contribution in [1.29, 1.82) is 0 Å². The molecule has 0 atom stereocenters. The molecule has 0 aliphatic rings. The molecule has 0 saturated carbocycles. The molecule has 7 nitrogen and oxygen atoms in total. The fourth-order valence-electron chi connectivity index (χ4n) is 1.87. The molecule has 1 aromatic carbocycles. The second kappa shape index (κ2) is 7.19. The Balaban J connectivity index is 1.64. The number of carbonyl (C=O) groups is 1. The number of carbonyl (C=O) groups excluding carboxylic acids is 1. The lowest BCUT2D eigenvalue weighted by atomic mass is 10.2. The van der Waals surface area contributed by atoms with Gasteiger partial charge in [-0.2, -0.15) is 0 Å². The molecule has 3 aromatic rings. The van der Waals surface area contributed by atoms with Crippen molar-refractivity contribution >= 4 is 11.6 Å². The molecule has 24 heavy (non-hydrogen) atoms. The van der Waals surface area contributed by atoms with Gasteiger partial charge in [0.25, 0.3) is 5.91 Å². The first-order valence-electron chi connectivity index (χ1n) is 7.11. The minimum Gasteiger partial charge on any atom is -0.481 e. The van der Waals surface area contributed by atoms with Crippen LogP contribution >= 0.6 is 0 Å². The van der Waals surface area contributed by atoms with Crippen molar-refractivity contribution in [2.75, 3.05) is 12.4 Å². The molecule has 0 aliphatic heterocycles. The van der Waals surface area contributed by atoms with Crippen LogP contribution < -0.4 is 14.8 Å². The molecule has 0 fully saturated rings. The van der Waals surface area contributed by atoms with Crippen LogP contribution in [0.2, 0.25) is 0 Å². The number of nitrogens with zero attached hydrogens (tertiary/aromatic N) is 3. The van der Waals surface area contributed by atoms with Crippen LogP contribution in [0.1, 0.15) is 10.4 Å². The number of nitrogens with one attached hydrogen (secondary N) is 1. The highest BCUT2D eigenvalue weighted by molar-refractivity contribution is 6.03. The summed E-state index contributed by atoms with van der Waals surface area (Å²) in [5.74, 6) is 0.765. The lowest BCUT2D eigenvalue weighted by Gasteiger charge is -2.06. The predicted octanol–water partition coefficient (Wildman–Crippen LogP) is 2.92. The van der Waals surface area contributed by atoms with Crippen LogP contribution in [0.4, 0.5) is 5.69 Å². The number of pyridine rings is 1. The molecule has 2 aromatic heterocycles. The second-order valence-electron chi connectivity index (χ2n) is 4.71. The van der Waals surface area contributed by atoms with Gasteiger partial charge < -0.3 is 14.8 Å². The molecule has 120 valence electrons. The summed E-state index contributed by atoms with van der Waals surface area (Å²) in [6.45, 7) is 0. The van der Waals surface area contributed by atoms with E-state index in [2.05, 4.69) is 20.3 Å². The summed E-state index contributed by atoms with van der Waals surface area (Å²) in [5, 5.41) is 2.69. The lowest BCUT2D eigenvalue weighted by molar-refractivity contribution is 0.102. The van der Waals surface area contributed by atoms with Crippen LogP contribution in [-0.4, -0.2) is 28.0 Å². The van der Waals surface area contributed by atoms with Crippen molar-refractivity contribution in [2.24, 2.45) is 0 Å². The number of amides is 1. The molecule has 0 spiro atoms. The average Bonchev–Trinajstić information content (AvgIpc) is 2.64. The molecule has 1 N–H and O–H groups in total. The van der Waals surface area contributed by atoms with Gasteiger partial charge in [0.05, 0.1) is 30.8 Å². The SMILES string of the molecule is COc1ccc(C(=O)Nc2cnc(Oc3ccccc3)nc2)cn1. The summed E-state index contributed by atoms with van der Waals surface area (Å²) in [7, 11) is 1.51. The van der Waals surface area contributed by atoms with Gasteiger partial charge >= 0.3 is 6.01 Å². The smallest absolute Gasteiger partial charge is 0.322 e. The second-order valence-corrected chi connectivity index (χ2v) is 4.71. The zero-order valence-corrected chi connectivity index (χ0v) is 12.8. The van der Waals surface area contributed by atoms with Crippen LogP contribution in [0.3, 0.4) is 0 Å². The first kappa shape index (κ1) is 15.4. The summed E-state index contributed by atoms with van der Waals surface area (Å²) >= 11 is 0. The number of rotatable bonds is 5. The molecular formula is C17H14N4O3. The minimum atomic E-state index is -0.314. The fourth-order valence-corrected chi connectivity index (χ4v) is 1.87. The third-order valence-corrected chi connectivity index (χ3v) is 3.05. The van der Waals surface area contributed by atoms with Gasteiger partial charge in [-0.05, 0) is 18.2 Å². The first-order chi connectivity index (χ1) is 11.7. The van der Waals surface area contributed by atoms with Crippen LogP contribution in [0.25, 0.3) is 0 Å². The summed E-state index contributed by atoms with van der Waals surface area (Å²) in [5.41, 5.74) is 0.858. The van der Waals surface area contributed by atoms with Gasteiger partial charge in [-0.15, -0.1) is 0 Å². The molecule has 3 rings (SSSR count). The van der Waals surface area contributed by atoms with Gasteiger partial charge in [0.2, 0.25) is 5.88 Å². The standard InChI is InChI=1S/C17H14N4O3/c1-23-15-8-7-12(9-18-15)16(22)21-13-10-19-17(20-11-13)24-14-5-3-2-4-6-14/h2-11H,1H3,(H,21,22). The normalized spacial score (nSPS) is 10.0. The monoisotopic (exact) mass is 322 g/mol. The van der Waals surface area contributed by atoms with E-state index in [-0.39, 0.29) is 11.9 Å². The van der Waals surface area contributed by atoms with Gasteiger partial charge in [-0.1, -0.05) is 18.2 Å². The number of aromatic nitrogens is 3. The Kier molecular flexibility index (Phi) is 4.62. The van der Waals surface area contributed by atoms with E-state index in [1.807, 2.05) is 18.2 Å². The highest BCUT2D eigenvalue weighted by atomic mass is 16.5. The molecule has 0 radical (unpaired) electrons. The maximum Gasteiger partial charge on any atom is 0.322 e. The number of para-hydroxylation sites is 1. The molecule has 1 amide bonds. The third kappa shape index (κ3) is 3.83. The van der Waals surface area contributed by atoms with Crippen LogP contribution in [0, 0.1) is 0 Å². The molecular weight excluding hydrogens is 308 g/mol. The first-order valence-corrected chi connectivity index (χ1v) is 7.11. The van der Waals surface area contributed by atoms with E-state index in [1.54, 1.807) is 24.3 Å². The third-order valence-electron chi connectivity index (χ3n) is 3.05. The van der Waals surface area contributed by atoms with E-state index in [0.29, 0.717) is 22.9 Å². The van der Waals surface area contributed by atoms with Gasteiger partial charge in [-0.25, -0.2) is 15.0 Å². The fraction of sp³-hybridized carbons (Fsp3) is 0.0588. The van der Waals surface area contributed by atoms with E-state index in [0.717, 1.165) is 0 Å². The Morgan fingerprint density at radius 3 is 2.33 bits per heavy atom. The zero-order chi connectivity index (χ0) is 16.8. The Hall–Kier alpha value is -3.48. The quantitative estimate of drug-likeness (QED) is 0.777. The Bertz CT molecular complexity index is 806. The molecule has 0 bridgehead atoms. The van der Waals surface area contributed by atoms with E-state index < -0.39 is 0 Å². The topological polar surface area (TPSA) is 86.2 Å². The van der Waals surface area contributed by atoms with E-state index in [4.69, 9.17) is 9.47 Å². The van der Waals surface area contributed by atoms with Gasteiger partial charge in [0.15, 0.2) is 0 Å². The van der Waals surface area contributed by atoms with Crippen LogP contribution in [0.15, 0.2) is 61.1 Å². The van der Waals surface area contributed by atoms with Crippen molar-refractivity contribution in [3.05, 3.63) is 66.6 Å². The Morgan fingerprint density at radius 1 is 0.958 bits per heavy atom. The molecule has 0 aliphatic carbocycles. The molecule has 0 unspecified atom stereocenters. The highest BCUT2D eigenvalue weighted by Crippen LogP contribution is 2.17. The maximum absolute atomic E-state index is 12.1. The van der Waals surface area contributed by atoms with Gasteiger partial charge in [-0.3, -0.25) is 4.79 Å². The van der Waals surface area contributed by atoms with E-state index in [1.165, 1.54) is 25.7 Å². The van der Waals surface area contributed by atoms with Gasteiger partial charge in [0.1, 0.15) is 5.75 Å². The number of hydrogen-bond acceptors (Lipinski definition) is 6. The van der Waals surface area contributed by atoms with Crippen molar-refractivity contribution in [3.63, 3.8) is 0 Å². The molecule has 2 heterocycles. The number of hydrogen-bond donors (Lipinski definition) is 1. The van der Waals surface area contributed by atoms with Gasteiger partial charge in [0, 0.05) is 12.3 Å². The van der Waals surface area contributed by atoms with Crippen LogP contribution in [-0.2, 0) is 0 Å². The van der Waals surface area contributed by atoms with Crippen LogP contribution in [0.5, 0.6) is 17.6 Å². The molecule has 0 saturated heterocycles. The van der Waals surface area contributed by atoms with E-state index in [9.17, 15) is 4.79 Å². The lowest BCUT2D eigenvalue weighted by Crippen LogP contribution is -2.12. The molecule has 7 heteroatoms. The Labute approximate surface area is 138 Å². The maximum atomic E-state index is 12.1. The summed E-state index contributed by atoms with van der Waals surface area (Å²) < 4.78 is 10.4. The van der Waals surface area contributed by atoms with Crippen molar-refractivity contribution in [1.82, 2.24) is 15.0 Å². The predicted molar refractivity (Wildman–Crippen MR) is 87.3 cm³/mol. The number of benzene rings is 1. The number of methoxy groups -OCH3 is 1. The number of anilines is 1. The minimum absolute atomic E-state index is 0.199. The Morgan fingerprint density at radius 2 is 1.71 bits per heavy atom. The van der Waals surface area contributed by atoms with Crippen molar-refractivity contribution in [2.45, 2.75) is 0 Å². The summed E-state index contributed by atoms with van der Waals surface area (Å²) in [6.07, 6.45) is 4.38. The summed E-state index contributed by atoms with van der Waals surface area (Å²) in [4.78, 5) is 24.2.